The fourth-order valence-corrected chi connectivity index (χ4v) is 3.53. The maximum Gasteiger partial charge on any atom is 0.342 e. The third-order valence-corrected chi connectivity index (χ3v) is 4.82. The molecule has 0 aromatic carbocycles. The molecule has 1 N–H and O–H groups in total. The number of nitrogens with zero attached hydrogens (tertiary/aromatic N) is 3. The number of aromatic nitrogens is 1. The molecule has 7 heteroatoms. The van der Waals surface area contributed by atoms with E-state index in [4.69, 9.17) is 4.74 Å². The summed E-state index contributed by atoms with van der Waals surface area (Å²) >= 11 is 0. The number of ether oxygens (including phenoxy) is 1. The first-order valence-corrected chi connectivity index (χ1v) is 8.78. The van der Waals surface area contributed by atoms with Gasteiger partial charge in [0.05, 0.1) is 17.8 Å². The minimum atomic E-state index is -0.525. The van der Waals surface area contributed by atoms with Crippen LogP contribution in [0.1, 0.15) is 35.7 Å². The fourth-order valence-electron chi connectivity index (χ4n) is 3.53. The van der Waals surface area contributed by atoms with Gasteiger partial charge in [-0.3, -0.25) is 9.20 Å². The second kappa shape index (κ2) is 7.58. The number of anilines is 1. The van der Waals surface area contributed by atoms with Crippen LogP contribution >= 0.6 is 0 Å². The average molecular weight is 354 g/mol. The first kappa shape index (κ1) is 18.0. The molecule has 3 heterocycles. The number of nitriles is 1. The summed E-state index contributed by atoms with van der Waals surface area (Å²) in [5, 5.41) is 13.0. The molecule has 0 aliphatic carbocycles. The number of fused-ring (bicyclic) bond motifs is 1. The van der Waals surface area contributed by atoms with Gasteiger partial charge in [-0.25, -0.2) is 4.79 Å². The van der Waals surface area contributed by atoms with Crippen LogP contribution < -0.4 is 15.8 Å². The molecule has 1 aliphatic heterocycles. The Bertz CT molecular complexity index is 923. The van der Waals surface area contributed by atoms with Gasteiger partial charge in [0, 0.05) is 19.3 Å². The van der Waals surface area contributed by atoms with Gasteiger partial charge >= 0.3 is 5.97 Å². The molecule has 2 aromatic heterocycles. The second-order valence-corrected chi connectivity index (χ2v) is 6.28. The largest absolute Gasteiger partial charge is 0.462 e. The molecular weight excluding hydrogens is 332 g/mol. The van der Waals surface area contributed by atoms with Crippen molar-refractivity contribution < 1.29 is 9.53 Å². The van der Waals surface area contributed by atoms with Crippen molar-refractivity contribution in [2.45, 2.75) is 25.8 Å². The zero-order valence-electron chi connectivity index (χ0n) is 15.0. The van der Waals surface area contributed by atoms with Crippen LogP contribution in [0.2, 0.25) is 0 Å². The zero-order chi connectivity index (χ0) is 18.7. The molecule has 3 rings (SSSR count). The summed E-state index contributed by atoms with van der Waals surface area (Å²) in [4.78, 5) is 27.5. The van der Waals surface area contributed by atoms with E-state index in [1.807, 2.05) is 18.0 Å². The first-order valence-electron chi connectivity index (χ1n) is 8.78. The molecule has 1 aliphatic rings. The van der Waals surface area contributed by atoms with E-state index in [-0.39, 0.29) is 23.8 Å². The van der Waals surface area contributed by atoms with Crippen molar-refractivity contribution in [3.05, 3.63) is 45.9 Å². The summed E-state index contributed by atoms with van der Waals surface area (Å²) in [5.74, 6) is -0.525. The lowest BCUT2D eigenvalue weighted by Gasteiger charge is -2.34. The number of rotatable bonds is 4. The van der Waals surface area contributed by atoms with Gasteiger partial charge in [-0.15, -0.1) is 0 Å². The number of hydrogen-bond donors (Lipinski definition) is 1. The molecule has 26 heavy (non-hydrogen) atoms. The summed E-state index contributed by atoms with van der Waals surface area (Å²) < 4.78 is 6.59. The van der Waals surface area contributed by atoms with Crippen LogP contribution in [0, 0.1) is 11.3 Å². The summed E-state index contributed by atoms with van der Waals surface area (Å²) in [6.07, 6.45) is 3.31. The van der Waals surface area contributed by atoms with E-state index in [1.165, 1.54) is 4.40 Å². The Kier molecular flexibility index (Phi) is 5.24. The van der Waals surface area contributed by atoms with Crippen LogP contribution in [-0.2, 0) is 4.74 Å². The monoisotopic (exact) mass is 354 g/mol. The average Bonchev–Trinajstić information content (AvgIpc) is 2.68. The quantitative estimate of drug-likeness (QED) is 0.838. The van der Waals surface area contributed by atoms with Crippen molar-refractivity contribution in [1.29, 1.82) is 5.26 Å². The minimum Gasteiger partial charge on any atom is -0.462 e. The molecule has 136 valence electrons. The molecule has 0 radical (unpaired) electrons. The number of carbonyl (C=O) groups excluding carboxylic acids is 1. The molecule has 0 bridgehead atoms. The highest BCUT2D eigenvalue weighted by Crippen LogP contribution is 2.30. The molecular formula is C19H22N4O3. The maximum absolute atomic E-state index is 12.8. The summed E-state index contributed by atoms with van der Waals surface area (Å²) in [6.45, 7) is 3.67. The van der Waals surface area contributed by atoms with Crippen LogP contribution in [-0.4, -0.2) is 43.2 Å². The molecule has 0 amide bonds. The van der Waals surface area contributed by atoms with Crippen molar-refractivity contribution in [2.75, 3.05) is 31.6 Å². The Labute approximate surface area is 151 Å². The predicted octanol–water partition coefficient (Wildman–Crippen LogP) is 1.54. The Balaban J connectivity index is 2.31. The van der Waals surface area contributed by atoms with Gasteiger partial charge in [-0.1, -0.05) is 6.07 Å². The van der Waals surface area contributed by atoms with Gasteiger partial charge in [-0.05, 0) is 45.0 Å². The highest BCUT2D eigenvalue weighted by Gasteiger charge is 2.29. The zero-order valence-corrected chi connectivity index (χ0v) is 15.0. The SMILES string of the molecule is CCOC(=O)c1c(N(C)C2CCNCC2)c(C#N)c(=O)n2ccccc12. The highest BCUT2D eigenvalue weighted by atomic mass is 16.5. The van der Waals surface area contributed by atoms with Crippen molar-refractivity contribution in [3.8, 4) is 6.07 Å². The van der Waals surface area contributed by atoms with E-state index >= 15 is 0 Å². The highest BCUT2D eigenvalue weighted by molar-refractivity contribution is 6.04. The lowest BCUT2D eigenvalue weighted by atomic mass is 10.0. The number of nitrogens with one attached hydrogen (secondary N) is 1. The lowest BCUT2D eigenvalue weighted by Crippen LogP contribution is -2.43. The third-order valence-electron chi connectivity index (χ3n) is 4.82. The van der Waals surface area contributed by atoms with E-state index in [0.717, 1.165) is 25.9 Å². The maximum atomic E-state index is 12.8. The molecule has 1 fully saturated rings. The van der Waals surface area contributed by atoms with Gasteiger partial charge in [-0.2, -0.15) is 5.26 Å². The lowest BCUT2D eigenvalue weighted by molar-refractivity contribution is 0.0528. The van der Waals surface area contributed by atoms with E-state index in [1.54, 1.807) is 31.3 Å². The predicted molar refractivity (Wildman–Crippen MR) is 98.6 cm³/mol. The summed E-state index contributed by atoms with van der Waals surface area (Å²) in [7, 11) is 1.84. The van der Waals surface area contributed by atoms with Crippen molar-refractivity contribution >= 4 is 17.2 Å². The van der Waals surface area contributed by atoms with Gasteiger partial charge < -0.3 is 15.0 Å². The van der Waals surface area contributed by atoms with Crippen LogP contribution in [0.15, 0.2) is 29.2 Å². The van der Waals surface area contributed by atoms with E-state index in [9.17, 15) is 14.9 Å². The topological polar surface area (TPSA) is 86.8 Å². The number of esters is 1. The Morgan fingerprint density at radius 2 is 2.15 bits per heavy atom. The Hall–Kier alpha value is -2.85. The summed E-state index contributed by atoms with van der Waals surface area (Å²) in [5.41, 5.74) is 0.633. The number of piperidine rings is 1. The van der Waals surface area contributed by atoms with Gasteiger partial charge in [0.1, 0.15) is 17.2 Å². The van der Waals surface area contributed by atoms with Gasteiger partial charge in [0.15, 0.2) is 0 Å². The van der Waals surface area contributed by atoms with Crippen molar-refractivity contribution in [3.63, 3.8) is 0 Å². The first-order chi connectivity index (χ1) is 12.6. The number of pyridine rings is 2. The third kappa shape index (κ3) is 3.04. The molecule has 0 unspecified atom stereocenters. The summed E-state index contributed by atoms with van der Waals surface area (Å²) in [6, 6.07) is 7.32. The van der Waals surface area contributed by atoms with Gasteiger partial charge in [0.2, 0.25) is 0 Å². The van der Waals surface area contributed by atoms with Crippen LogP contribution in [0.4, 0.5) is 5.69 Å². The van der Waals surface area contributed by atoms with E-state index in [0.29, 0.717) is 11.2 Å². The smallest absolute Gasteiger partial charge is 0.342 e. The Morgan fingerprint density at radius 1 is 1.42 bits per heavy atom. The van der Waals surface area contributed by atoms with Crippen LogP contribution in [0.25, 0.3) is 5.52 Å². The number of carbonyl (C=O) groups is 1. The molecule has 0 spiro atoms. The molecule has 7 nitrogen and oxygen atoms in total. The van der Waals surface area contributed by atoms with E-state index in [2.05, 4.69) is 5.32 Å². The number of hydrogen-bond acceptors (Lipinski definition) is 6. The second-order valence-electron chi connectivity index (χ2n) is 6.28. The molecule has 2 aromatic rings. The van der Waals surface area contributed by atoms with E-state index < -0.39 is 11.5 Å². The standard InChI is InChI=1S/C19H22N4O3/c1-3-26-19(25)16-15-6-4-5-11-23(15)18(24)14(12-20)17(16)22(2)13-7-9-21-10-8-13/h4-6,11,13,21H,3,7-10H2,1-2H3. The van der Waals surface area contributed by atoms with Gasteiger partial charge in [0.25, 0.3) is 5.56 Å². The Morgan fingerprint density at radius 3 is 2.81 bits per heavy atom. The van der Waals surface area contributed by atoms with Crippen molar-refractivity contribution in [2.24, 2.45) is 0 Å². The minimum absolute atomic E-state index is 0.0298. The van der Waals surface area contributed by atoms with Crippen molar-refractivity contribution in [1.82, 2.24) is 9.72 Å². The fraction of sp³-hybridized carbons (Fsp3) is 0.421. The molecule has 0 saturated carbocycles. The normalized spacial score (nSPS) is 14.8. The van der Waals surface area contributed by atoms with Crippen LogP contribution in [0.5, 0.6) is 0 Å². The molecule has 0 atom stereocenters. The molecule has 1 saturated heterocycles. The van der Waals surface area contributed by atoms with Crippen LogP contribution in [0.3, 0.4) is 0 Å².